The van der Waals surface area contributed by atoms with Gasteiger partial charge in [-0.1, -0.05) is 0 Å². The van der Waals surface area contributed by atoms with E-state index in [-0.39, 0.29) is 6.42 Å². The molecule has 0 unspecified atom stereocenters. The predicted molar refractivity (Wildman–Crippen MR) is 87.3 cm³/mol. The van der Waals surface area contributed by atoms with Crippen molar-refractivity contribution in [2.24, 2.45) is 0 Å². The number of carboxylic acids is 1. The fourth-order valence-electron chi connectivity index (χ4n) is 2.10. The summed E-state index contributed by atoms with van der Waals surface area (Å²) in [5.74, 6) is -0.789. The molecule has 1 aromatic carbocycles. The molecule has 4 nitrogen and oxygen atoms in total. The predicted octanol–water partition coefficient (Wildman–Crippen LogP) is 3.91. The van der Waals surface area contributed by atoms with Crippen molar-refractivity contribution in [2.75, 3.05) is 5.32 Å². The number of carbonyl (C=O) groups is 1. The van der Waals surface area contributed by atoms with E-state index >= 15 is 0 Å². The van der Waals surface area contributed by atoms with Crippen molar-refractivity contribution >= 4 is 44.5 Å². The second kappa shape index (κ2) is 5.83. The van der Waals surface area contributed by atoms with Gasteiger partial charge in [-0.25, -0.2) is 4.98 Å². The highest BCUT2D eigenvalue weighted by molar-refractivity contribution is 7.18. The minimum Gasteiger partial charge on any atom is -0.481 e. The number of hydrogen-bond donors (Lipinski definition) is 2. The van der Waals surface area contributed by atoms with Crippen molar-refractivity contribution in [3.8, 4) is 0 Å². The SMILES string of the molecule is Cc1nc2ccc(NCc3ccc(CC(=O)O)s3)cc2s1. The first-order valence-corrected chi connectivity index (χ1v) is 8.14. The van der Waals surface area contributed by atoms with Gasteiger partial charge in [0, 0.05) is 22.0 Å². The van der Waals surface area contributed by atoms with Crippen molar-refractivity contribution in [1.29, 1.82) is 0 Å². The summed E-state index contributed by atoms with van der Waals surface area (Å²) < 4.78 is 1.18. The lowest BCUT2D eigenvalue weighted by molar-refractivity contribution is -0.136. The summed E-state index contributed by atoms with van der Waals surface area (Å²) in [6, 6.07) is 10.0. The lowest BCUT2D eigenvalue weighted by Crippen LogP contribution is -1.98. The van der Waals surface area contributed by atoms with Crippen LogP contribution in [0.2, 0.25) is 0 Å². The third kappa shape index (κ3) is 3.40. The monoisotopic (exact) mass is 318 g/mol. The number of nitrogens with zero attached hydrogens (tertiary/aromatic N) is 1. The molecule has 0 amide bonds. The van der Waals surface area contributed by atoms with E-state index in [1.807, 2.05) is 31.2 Å². The Morgan fingerprint density at radius 2 is 2.05 bits per heavy atom. The average Bonchev–Trinajstić information content (AvgIpc) is 3.00. The number of hydrogen-bond acceptors (Lipinski definition) is 5. The molecule has 0 aliphatic carbocycles. The molecule has 2 aromatic heterocycles. The van der Waals surface area contributed by atoms with Crippen LogP contribution < -0.4 is 5.32 Å². The topological polar surface area (TPSA) is 62.2 Å². The van der Waals surface area contributed by atoms with Crippen LogP contribution in [0, 0.1) is 6.92 Å². The van der Waals surface area contributed by atoms with Gasteiger partial charge in [0.15, 0.2) is 0 Å². The Bertz CT molecular complexity index is 792. The molecule has 2 heterocycles. The zero-order chi connectivity index (χ0) is 14.8. The fourth-order valence-corrected chi connectivity index (χ4v) is 3.92. The van der Waals surface area contributed by atoms with Gasteiger partial charge in [-0.05, 0) is 37.3 Å². The number of aromatic nitrogens is 1. The van der Waals surface area contributed by atoms with Gasteiger partial charge < -0.3 is 10.4 Å². The van der Waals surface area contributed by atoms with Crippen LogP contribution in [0.25, 0.3) is 10.2 Å². The normalized spacial score (nSPS) is 10.9. The van der Waals surface area contributed by atoms with E-state index in [0.717, 1.165) is 26.0 Å². The number of fused-ring (bicyclic) bond motifs is 1. The molecule has 0 saturated carbocycles. The maximum atomic E-state index is 10.7. The minimum atomic E-state index is -0.789. The highest BCUT2D eigenvalue weighted by Gasteiger charge is 2.05. The highest BCUT2D eigenvalue weighted by atomic mass is 32.1. The van der Waals surface area contributed by atoms with Crippen molar-refractivity contribution in [2.45, 2.75) is 19.9 Å². The van der Waals surface area contributed by atoms with Crippen LogP contribution in [-0.2, 0) is 17.8 Å². The van der Waals surface area contributed by atoms with E-state index in [4.69, 9.17) is 5.11 Å². The molecule has 0 radical (unpaired) electrons. The van der Waals surface area contributed by atoms with E-state index in [0.29, 0.717) is 6.54 Å². The first kappa shape index (κ1) is 14.0. The van der Waals surface area contributed by atoms with Gasteiger partial charge in [0.05, 0.1) is 21.6 Å². The molecule has 0 spiro atoms. The van der Waals surface area contributed by atoms with Crippen LogP contribution >= 0.6 is 22.7 Å². The van der Waals surface area contributed by atoms with Crippen molar-refractivity contribution in [3.63, 3.8) is 0 Å². The summed E-state index contributed by atoms with van der Waals surface area (Å²) >= 11 is 3.22. The fraction of sp³-hybridized carbons (Fsp3) is 0.200. The Hall–Kier alpha value is -1.92. The van der Waals surface area contributed by atoms with E-state index in [1.54, 1.807) is 11.3 Å². The molecular formula is C15H14N2O2S2. The molecular weight excluding hydrogens is 304 g/mol. The van der Waals surface area contributed by atoms with Crippen LogP contribution in [0.5, 0.6) is 0 Å². The number of nitrogens with one attached hydrogen (secondary N) is 1. The number of rotatable bonds is 5. The summed E-state index contributed by atoms with van der Waals surface area (Å²) in [6.07, 6.45) is 0.0940. The summed E-state index contributed by atoms with van der Waals surface area (Å²) in [4.78, 5) is 17.1. The Labute approximate surface area is 130 Å². The molecule has 0 saturated heterocycles. The number of anilines is 1. The molecule has 3 rings (SSSR count). The zero-order valence-corrected chi connectivity index (χ0v) is 13.1. The summed E-state index contributed by atoms with van der Waals surface area (Å²) in [7, 11) is 0. The maximum absolute atomic E-state index is 10.7. The molecule has 108 valence electrons. The molecule has 0 atom stereocenters. The van der Waals surface area contributed by atoms with E-state index in [1.165, 1.54) is 16.0 Å². The third-order valence-corrected chi connectivity index (χ3v) is 5.02. The number of carboxylic acid groups (broad SMARTS) is 1. The molecule has 6 heteroatoms. The van der Waals surface area contributed by atoms with E-state index in [2.05, 4.69) is 16.4 Å². The lowest BCUT2D eigenvalue weighted by atomic mass is 10.3. The Balaban J connectivity index is 1.68. The van der Waals surface area contributed by atoms with Crippen molar-refractivity contribution in [1.82, 2.24) is 4.98 Å². The zero-order valence-electron chi connectivity index (χ0n) is 11.4. The lowest BCUT2D eigenvalue weighted by Gasteiger charge is -2.04. The third-order valence-electron chi connectivity index (χ3n) is 3.00. The summed E-state index contributed by atoms with van der Waals surface area (Å²) in [5.41, 5.74) is 2.09. The molecule has 0 aliphatic heterocycles. The van der Waals surface area contributed by atoms with E-state index in [9.17, 15) is 4.79 Å². The van der Waals surface area contributed by atoms with Crippen LogP contribution in [-0.4, -0.2) is 16.1 Å². The maximum Gasteiger partial charge on any atom is 0.308 e. The molecule has 3 aromatic rings. The van der Waals surface area contributed by atoms with Gasteiger partial charge >= 0.3 is 5.97 Å². The molecule has 2 N–H and O–H groups in total. The summed E-state index contributed by atoms with van der Waals surface area (Å²) in [6.45, 7) is 2.71. The van der Waals surface area contributed by atoms with Gasteiger partial charge in [0.25, 0.3) is 0 Å². The first-order valence-electron chi connectivity index (χ1n) is 6.50. The minimum absolute atomic E-state index is 0.0940. The molecule has 0 fully saturated rings. The quantitative estimate of drug-likeness (QED) is 0.749. The number of benzene rings is 1. The highest BCUT2D eigenvalue weighted by Crippen LogP contribution is 2.25. The van der Waals surface area contributed by atoms with Crippen LogP contribution in [0.15, 0.2) is 30.3 Å². The van der Waals surface area contributed by atoms with Crippen LogP contribution in [0.1, 0.15) is 14.8 Å². The largest absolute Gasteiger partial charge is 0.481 e. The number of aliphatic carboxylic acids is 1. The van der Waals surface area contributed by atoms with Crippen LogP contribution in [0.3, 0.4) is 0 Å². The number of thiazole rings is 1. The Morgan fingerprint density at radius 1 is 1.24 bits per heavy atom. The molecule has 21 heavy (non-hydrogen) atoms. The molecule has 0 aliphatic rings. The van der Waals surface area contributed by atoms with Crippen molar-refractivity contribution < 1.29 is 9.90 Å². The Morgan fingerprint density at radius 3 is 2.86 bits per heavy atom. The number of aryl methyl sites for hydroxylation is 1. The van der Waals surface area contributed by atoms with Crippen LogP contribution in [0.4, 0.5) is 5.69 Å². The average molecular weight is 318 g/mol. The Kier molecular flexibility index (Phi) is 3.90. The first-order chi connectivity index (χ1) is 10.1. The standard InChI is InChI=1S/C15H14N2O2S2/c1-9-17-13-5-2-10(6-14(13)20-9)16-8-12-4-3-11(21-12)7-15(18)19/h2-6,16H,7-8H2,1H3,(H,18,19). The second-order valence-electron chi connectivity index (χ2n) is 4.71. The number of thiophene rings is 1. The van der Waals surface area contributed by atoms with Gasteiger partial charge in [-0.15, -0.1) is 22.7 Å². The second-order valence-corrected chi connectivity index (χ2v) is 7.20. The van der Waals surface area contributed by atoms with Crippen molar-refractivity contribution in [3.05, 3.63) is 45.1 Å². The summed E-state index contributed by atoms with van der Waals surface area (Å²) in [5, 5.41) is 13.2. The van der Waals surface area contributed by atoms with Gasteiger partial charge in [0.1, 0.15) is 0 Å². The van der Waals surface area contributed by atoms with E-state index < -0.39 is 5.97 Å². The van der Waals surface area contributed by atoms with Gasteiger partial charge in [-0.3, -0.25) is 4.79 Å². The molecule has 0 bridgehead atoms. The smallest absolute Gasteiger partial charge is 0.308 e. The van der Waals surface area contributed by atoms with Gasteiger partial charge in [-0.2, -0.15) is 0 Å². The van der Waals surface area contributed by atoms with Gasteiger partial charge in [0.2, 0.25) is 0 Å².